The number of hydrogen-bond acceptors (Lipinski definition) is 4. The van der Waals surface area contributed by atoms with Gasteiger partial charge >= 0.3 is 0 Å². The average Bonchev–Trinajstić information content (AvgIpc) is 2.86. The maximum absolute atomic E-state index is 13.2. The Morgan fingerprint density at radius 2 is 1.97 bits per heavy atom. The van der Waals surface area contributed by atoms with Gasteiger partial charge in [0.15, 0.2) is 5.78 Å². The molecule has 186 valence electrons. The van der Waals surface area contributed by atoms with Crippen molar-refractivity contribution in [2.45, 2.75) is 72.0 Å². The SMILES string of the molecule is CCCCC(C)(C)OC(C(C)=O)c1c(C)cc2ccccc2c1-c1ccc2c3c(ccnc13)CCO2. The Kier molecular flexibility index (Phi) is 6.57. The number of Topliss-reactive ketones (excluding diaryl/α,β-unsaturated/α-hetero) is 1. The number of carbonyl (C=O) groups excluding carboxylic acids is 1. The number of pyridine rings is 1. The largest absolute Gasteiger partial charge is 0.493 e. The molecule has 0 saturated carbocycles. The highest BCUT2D eigenvalue weighted by Gasteiger charge is 2.32. The number of benzene rings is 3. The molecule has 0 spiro atoms. The minimum Gasteiger partial charge on any atom is -0.493 e. The van der Waals surface area contributed by atoms with Crippen LogP contribution in [0.4, 0.5) is 0 Å². The lowest BCUT2D eigenvalue weighted by atomic mass is 9.84. The molecular formula is C32H35NO3. The number of ether oxygens (including phenoxy) is 2. The first-order valence-electron chi connectivity index (χ1n) is 13.0. The first-order chi connectivity index (χ1) is 17.3. The third-order valence-corrected chi connectivity index (χ3v) is 7.34. The number of unbranched alkanes of at least 4 members (excludes halogenated alkanes) is 1. The summed E-state index contributed by atoms with van der Waals surface area (Å²) in [4.78, 5) is 18.1. The maximum Gasteiger partial charge on any atom is 0.163 e. The summed E-state index contributed by atoms with van der Waals surface area (Å²) in [6.45, 7) is 10.8. The molecule has 0 aliphatic carbocycles. The van der Waals surface area contributed by atoms with Gasteiger partial charge in [-0.1, -0.05) is 50.1 Å². The molecule has 0 amide bonds. The van der Waals surface area contributed by atoms with Crippen LogP contribution in [0.25, 0.3) is 32.8 Å². The highest BCUT2D eigenvalue weighted by Crippen LogP contribution is 2.45. The van der Waals surface area contributed by atoms with Crippen molar-refractivity contribution in [2.75, 3.05) is 6.61 Å². The third kappa shape index (κ3) is 4.39. The Balaban J connectivity index is 1.81. The van der Waals surface area contributed by atoms with E-state index in [1.165, 1.54) is 5.56 Å². The smallest absolute Gasteiger partial charge is 0.163 e. The van der Waals surface area contributed by atoms with Crippen molar-refractivity contribution in [1.29, 1.82) is 0 Å². The van der Waals surface area contributed by atoms with Gasteiger partial charge in [0, 0.05) is 23.6 Å². The van der Waals surface area contributed by atoms with E-state index in [0.29, 0.717) is 6.61 Å². The minimum absolute atomic E-state index is 0.0122. The van der Waals surface area contributed by atoms with Gasteiger partial charge in [0.25, 0.3) is 0 Å². The standard InChI is InChI=1S/C32H35NO3/c1-6-7-16-32(4,5)36-31(21(3)34)27-20(2)19-23-10-8-9-11-24(23)29(27)25-12-13-26-28-22(15-18-35-26)14-17-33-30(25)28/h8-14,17,19,31H,6-7,15-16,18H2,1-5H3. The van der Waals surface area contributed by atoms with Crippen LogP contribution in [0, 0.1) is 6.92 Å². The van der Waals surface area contributed by atoms with E-state index in [-0.39, 0.29) is 5.78 Å². The summed E-state index contributed by atoms with van der Waals surface area (Å²) >= 11 is 0. The van der Waals surface area contributed by atoms with Crippen molar-refractivity contribution in [3.63, 3.8) is 0 Å². The van der Waals surface area contributed by atoms with E-state index in [1.807, 2.05) is 6.20 Å². The van der Waals surface area contributed by atoms with E-state index in [0.717, 1.165) is 75.4 Å². The molecular weight excluding hydrogens is 446 g/mol. The Hall–Kier alpha value is -3.24. The van der Waals surface area contributed by atoms with Crippen molar-refractivity contribution in [3.8, 4) is 16.9 Å². The zero-order chi connectivity index (χ0) is 25.4. The fourth-order valence-electron chi connectivity index (χ4n) is 5.56. The van der Waals surface area contributed by atoms with E-state index >= 15 is 0 Å². The minimum atomic E-state index is -0.668. The first kappa shape index (κ1) is 24.5. The Morgan fingerprint density at radius 3 is 2.75 bits per heavy atom. The van der Waals surface area contributed by atoms with Gasteiger partial charge in [-0.05, 0) is 85.3 Å². The van der Waals surface area contributed by atoms with Crippen LogP contribution in [-0.4, -0.2) is 23.0 Å². The summed E-state index contributed by atoms with van der Waals surface area (Å²) in [6, 6.07) is 16.8. The predicted molar refractivity (Wildman–Crippen MR) is 147 cm³/mol. The van der Waals surface area contributed by atoms with Crippen molar-refractivity contribution < 1.29 is 14.3 Å². The summed E-state index contributed by atoms with van der Waals surface area (Å²) in [6.07, 6.45) is 5.13. The molecule has 36 heavy (non-hydrogen) atoms. The van der Waals surface area contributed by atoms with Gasteiger partial charge in [0.2, 0.25) is 0 Å². The Morgan fingerprint density at radius 1 is 1.17 bits per heavy atom. The van der Waals surface area contributed by atoms with Crippen LogP contribution in [0.1, 0.15) is 69.8 Å². The van der Waals surface area contributed by atoms with Crippen molar-refractivity contribution >= 4 is 27.5 Å². The molecule has 0 fully saturated rings. The van der Waals surface area contributed by atoms with E-state index < -0.39 is 11.7 Å². The fraction of sp³-hybridized carbons (Fsp3) is 0.375. The van der Waals surface area contributed by atoms with Gasteiger partial charge in [0.1, 0.15) is 11.9 Å². The second-order valence-electron chi connectivity index (χ2n) is 10.6. The lowest BCUT2D eigenvalue weighted by Crippen LogP contribution is -2.30. The Bertz CT molecular complexity index is 1440. The van der Waals surface area contributed by atoms with Gasteiger partial charge < -0.3 is 9.47 Å². The second-order valence-corrected chi connectivity index (χ2v) is 10.6. The molecule has 0 bridgehead atoms. The molecule has 0 saturated heterocycles. The number of aromatic nitrogens is 1. The molecule has 1 aliphatic rings. The predicted octanol–water partition coefficient (Wildman–Crippen LogP) is 7.91. The fourth-order valence-corrected chi connectivity index (χ4v) is 5.56. The van der Waals surface area contributed by atoms with Crippen LogP contribution in [0.2, 0.25) is 0 Å². The number of nitrogens with zero attached hydrogens (tertiary/aromatic N) is 1. The molecule has 1 unspecified atom stereocenters. The highest BCUT2D eigenvalue weighted by molar-refractivity contribution is 6.09. The van der Waals surface area contributed by atoms with Crippen LogP contribution < -0.4 is 4.74 Å². The second kappa shape index (κ2) is 9.67. The van der Waals surface area contributed by atoms with Crippen LogP contribution in [0.3, 0.4) is 0 Å². The lowest BCUT2D eigenvalue weighted by Gasteiger charge is -2.32. The summed E-state index contributed by atoms with van der Waals surface area (Å²) in [7, 11) is 0. The molecule has 0 N–H and O–H groups in total. The molecule has 4 aromatic rings. The van der Waals surface area contributed by atoms with Gasteiger partial charge in [0.05, 0.1) is 17.7 Å². The number of aryl methyl sites for hydroxylation is 1. The average molecular weight is 482 g/mol. The van der Waals surface area contributed by atoms with Crippen LogP contribution >= 0.6 is 0 Å². The molecule has 4 heteroatoms. The quantitative estimate of drug-likeness (QED) is 0.256. The third-order valence-electron chi connectivity index (χ3n) is 7.34. The van der Waals surface area contributed by atoms with Gasteiger partial charge in [-0.3, -0.25) is 9.78 Å². The zero-order valence-electron chi connectivity index (χ0n) is 22.0. The topological polar surface area (TPSA) is 48.4 Å². The van der Waals surface area contributed by atoms with Gasteiger partial charge in [-0.15, -0.1) is 0 Å². The first-order valence-corrected chi connectivity index (χ1v) is 13.0. The number of rotatable bonds is 8. The summed E-state index contributed by atoms with van der Waals surface area (Å²) in [5.41, 5.74) is 5.76. The summed E-state index contributed by atoms with van der Waals surface area (Å²) in [5, 5.41) is 3.30. The number of carbonyl (C=O) groups is 1. The zero-order valence-corrected chi connectivity index (χ0v) is 22.0. The van der Waals surface area contributed by atoms with Gasteiger partial charge in [-0.25, -0.2) is 0 Å². The van der Waals surface area contributed by atoms with Crippen LogP contribution in [0.15, 0.2) is 54.7 Å². The maximum atomic E-state index is 13.2. The van der Waals surface area contributed by atoms with E-state index in [1.54, 1.807) is 6.92 Å². The number of ketones is 1. The monoisotopic (exact) mass is 481 g/mol. The Labute approximate surface area is 213 Å². The summed E-state index contributed by atoms with van der Waals surface area (Å²) in [5.74, 6) is 0.889. The molecule has 1 atom stereocenters. The van der Waals surface area contributed by atoms with Crippen molar-refractivity contribution in [3.05, 3.63) is 71.4 Å². The molecule has 1 aliphatic heterocycles. The van der Waals surface area contributed by atoms with Crippen molar-refractivity contribution in [1.82, 2.24) is 4.98 Å². The van der Waals surface area contributed by atoms with E-state index in [4.69, 9.17) is 14.5 Å². The lowest BCUT2D eigenvalue weighted by molar-refractivity contribution is -0.141. The molecule has 5 rings (SSSR count). The van der Waals surface area contributed by atoms with Gasteiger partial charge in [-0.2, -0.15) is 0 Å². The molecule has 0 radical (unpaired) electrons. The highest BCUT2D eigenvalue weighted by atomic mass is 16.5. The summed E-state index contributed by atoms with van der Waals surface area (Å²) < 4.78 is 12.7. The molecule has 4 nitrogen and oxygen atoms in total. The van der Waals surface area contributed by atoms with Crippen molar-refractivity contribution in [2.24, 2.45) is 0 Å². The number of fused-ring (bicyclic) bond motifs is 1. The number of hydrogen-bond donors (Lipinski definition) is 0. The van der Waals surface area contributed by atoms with E-state index in [2.05, 4.69) is 76.2 Å². The molecule has 1 aromatic heterocycles. The van der Waals surface area contributed by atoms with E-state index in [9.17, 15) is 4.79 Å². The molecule has 2 heterocycles. The molecule has 3 aromatic carbocycles. The van der Waals surface area contributed by atoms with Crippen LogP contribution in [-0.2, 0) is 16.0 Å². The van der Waals surface area contributed by atoms with Crippen LogP contribution in [0.5, 0.6) is 5.75 Å². The normalized spacial score (nSPS) is 14.1.